The fraction of sp³-hybridized carbons (Fsp3) is 0.562. The molecule has 0 radical (unpaired) electrons. The first-order chi connectivity index (χ1) is 8.88. The van der Waals surface area contributed by atoms with Gasteiger partial charge in [-0.15, -0.1) is 0 Å². The molecule has 0 saturated heterocycles. The zero-order chi connectivity index (χ0) is 14.5. The van der Waals surface area contributed by atoms with Gasteiger partial charge in [0.15, 0.2) is 6.10 Å². The molecule has 1 rings (SSSR count). The Morgan fingerprint density at radius 3 is 2.16 bits per heavy atom. The Kier molecular flexibility index (Phi) is 5.40. The van der Waals surface area contributed by atoms with Crippen molar-refractivity contribution in [1.29, 1.82) is 0 Å². The van der Waals surface area contributed by atoms with Crippen molar-refractivity contribution >= 4 is 5.97 Å². The highest BCUT2D eigenvalue weighted by Gasteiger charge is 2.20. The van der Waals surface area contributed by atoms with Crippen LogP contribution in [-0.4, -0.2) is 18.7 Å². The highest BCUT2D eigenvalue weighted by Crippen LogP contribution is 2.24. The lowest BCUT2D eigenvalue weighted by Crippen LogP contribution is -2.28. The van der Waals surface area contributed by atoms with Gasteiger partial charge in [-0.3, -0.25) is 0 Å². The van der Waals surface area contributed by atoms with E-state index in [9.17, 15) is 4.79 Å². The highest BCUT2D eigenvalue weighted by molar-refractivity contribution is 5.75. The molecule has 0 aliphatic heterocycles. The van der Waals surface area contributed by atoms with Crippen LogP contribution in [0.4, 0.5) is 0 Å². The Balaban J connectivity index is 2.73. The maximum absolute atomic E-state index is 11.7. The van der Waals surface area contributed by atoms with Crippen LogP contribution in [0.5, 0.6) is 5.75 Å². The third kappa shape index (κ3) is 4.58. The minimum absolute atomic E-state index is 0.115. The number of benzene rings is 1. The average Bonchev–Trinajstić information content (AvgIpc) is 2.35. The Bertz CT molecular complexity index is 401. The summed E-state index contributed by atoms with van der Waals surface area (Å²) in [5.74, 6) is 0.401. The van der Waals surface area contributed by atoms with Crippen molar-refractivity contribution in [2.45, 2.75) is 52.6 Å². The van der Waals surface area contributed by atoms with Gasteiger partial charge < -0.3 is 9.47 Å². The van der Waals surface area contributed by atoms with Crippen molar-refractivity contribution in [2.75, 3.05) is 6.61 Å². The third-order valence-electron chi connectivity index (χ3n) is 2.92. The van der Waals surface area contributed by atoms with Gasteiger partial charge in [0.1, 0.15) is 5.75 Å². The van der Waals surface area contributed by atoms with Gasteiger partial charge >= 0.3 is 5.97 Å². The molecule has 3 heteroatoms. The first-order valence-corrected chi connectivity index (χ1v) is 6.82. The predicted octanol–water partition coefficient (Wildman–Crippen LogP) is 3.70. The average molecular weight is 264 g/mol. The summed E-state index contributed by atoms with van der Waals surface area (Å²) in [5, 5.41) is 0. The maximum Gasteiger partial charge on any atom is 0.347 e. The third-order valence-corrected chi connectivity index (χ3v) is 2.92. The van der Waals surface area contributed by atoms with Crippen LogP contribution in [0.25, 0.3) is 0 Å². The number of ether oxygens (including phenoxy) is 2. The van der Waals surface area contributed by atoms with Crippen LogP contribution in [0.2, 0.25) is 0 Å². The minimum atomic E-state index is -0.527. The quantitative estimate of drug-likeness (QED) is 0.761. The monoisotopic (exact) mass is 264 g/mol. The first-order valence-electron chi connectivity index (χ1n) is 6.82. The second-order valence-electron chi connectivity index (χ2n) is 5.54. The van der Waals surface area contributed by atoms with E-state index in [0.717, 1.165) is 0 Å². The normalized spacial score (nSPS) is 12.9. The van der Waals surface area contributed by atoms with Crippen molar-refractivity contribution < 1.29 is 14.3 Å². The lowest BCUT2D eigenvalue weighted by atomic mass is 9.87. The lowest BCUT2D eigenvalue weighted by Gasteiger charge is -2.20. The fourth-order valence-electron chi connectivity index (χ4n) is 1.73. The summed E-state index contributed by atoms with van der Waals surface area (Å²) in [6.07, 6.45) is 0.0697. The minimum Gasteiger partial charge on any atom is -0.479 e. The molecular weight excluding hydrogens is 240 g/mol. The van der Waals surface area contributed by atoms with Gasteiger partial charge in [0, 0.05) is 0 Å². The maximum atomic E-state index is 11.7. The molecule has 3 nitrogen and oxygen atoms in total. The predicted molar refractivity (Wildman–Crippen MR) is 76.5 cm³/mol. The van der Waals surface area contributed by atoms with Gasteiger partial charge in [-0.2, -0.15) is 0 Å². The molecule has 0 fully saturated rings. The molecule has 1 aromatic carbocycles. The summed E-state index contributed by atoms with van der Waals surface area (Å²) < 4.78 is 10.7. The smallest absolute Gasteiger partial charge is 0.347 e. The molecular formula is C16H24O3. The molecule has 1 atom stereocenters. The molecule has 1 unspecified atom stereocenters. The number of carbonyl (C=O) groups is 1. The Hall–Kier alpha value is -1.51. The zero-order valence-corrected chi connectivity index (χ0v) is 12.5. The van der Waals surface area contributed by atoms with Crippen molar-refractivity contribution in [3.8, 4) is 5.75 Å². The molecule has 0 amide bonds. The number of rotatable bonds is 5. The summed E-state index contributed by atoms with van der Waals surface area (Å²) in [7, 11) is 0. The number of carbonyl (C=O) groups excluding carboxylic acids is 1. The van der Waals surface area contributed by atoms with Crippen LogP contribution in [0.1, 0.15) is 46.6 Å². The summed E-state index contributed by atoms with van der Waals surface area (Å²) in [4.78, 5) is 11.7. The molecule has 19 heavy (non-hydrogen) atoms. The molecule has 1 aromatic rings. The Morgan fingerprint density at radius 1 is 1.16 bits per heavy atom. The fourth-order valence-corrected chi connectivity index (χ4v) is 1.73. The second kappa shape index (κ2) is 6.60. The topological polar surface area (TPSA) is 35.5 Å². The van der Waals surface area contributed by atoms with Gasteiger partial charge in [0.25, 0.3) is 0 Å². The molecule has 106 valence electrons. The van der Waals surface area contributed by atoms with Crippen LogP contribution in [-0.2, 0) is 14.9 Å². The van der Waals surface area contributed by atoms with E-state index in [-0.39, 0.29) is 11.4 Å². The SMILES string of the molecule is CCOC(=O)C(CC)Oc1ccc(C(C)(C)C)cc1. The van der Waals surface area contributed by atoms with Crippen LogP contribution in [0.3, 0.4) is 0 Å². The number of hydrogen-bond acceptors (Lipinski definition) is 3. The lowest BCUT2D eigenvalue weighted by molar-refractivity contribution is -0.151. The van der Waals surface area contributed by atoms with Crippen LogP contribution < -0.4 is 4.74 Å². The molecule has 0 N–H and O–H groups in total. The summed E-state index contributed by atoms with van der Waals surface area (Å²) in [6, 6.07) is 7.88. The van der Waals surface area contributed by atoms with E-state index in [0.29, 0.717) is 18.8 Å². The van der Waals surface area contributed by atoms with E-state index >= 15 is 0 Å². The highest BCUT2D eigenvalue weighted by atomic mass is 16.6. The summed E-state index contributed by atoms with van der Waals surface area (Å²) in [6.45, 7) is 10.6. The molecule has 0 aliphatic carbocycles. The van der Waals surface area contributed by atoms with E-state index in [2.05, 4.69) is 20.8 Å². The Labute approximate surface area is 115 Å². The van der Waals surface area contributed by atoms with E-state index in [1.54, 1.807) is 6.92 Å². The molecule has 0 saturated carbocycles. The van der Waals surface area contributed by atoms with Gasteiger partial charge in [0.2, 0.25) is 0 Å². The van der Waals surface area contributed by atoms with E-state index in [1.165, 1.54) is 5.56 Å². The molecule has 0 aromatic heterocycles. The molecule has 0 bridgehead atoms. The van der Waals surface area contributed by atoms with Gasteiger partial charge in [-0.25, -0.2) is 4.79 Å². The van der Waals surface area contributed by atoms with Gasteiger partial charge in [-0.1, -0.05) is 39.8 Å². The largest absolute Gasteiger partial charge is 0.479 e. The zero-order valence-electron chi connectivity index (χ0n) is 12.5. The first kappa shape index (κ1) is 15.5. The van der Waals surface area contributed by atoms with Crippen molar-refractivity contribution in [1.82, 2.24) is 0 Å². The number of esters is 1. The van der Waals surface area contributed by atoms with E-state index < -0.39 is 6.10 Å². The van der Waals surface area contributed by atoms with Gasteiger partial charge in [-0.05, 0) is 36.5 Å². The summed E-state index contributed by atoms with van der Waals surface area (Å²) >= 11 is 0. The van der Waals surface area contributed by atoms with Crippen LogP contribution >= 0.6 is 0 Å². The van der Waals surface area contributed by atoms with Crippen LogP contribution in [0.15, 0.2) is 24.3 Å². The standard InChI is InChI=1S/C16H24O3/c1-6-14(15(17)18-7-2)19-13-10-8-12(9-11-13)16(3,4)5/h8-11,14H,6-7H2,1-5H3. The molecule has 0 aliphatic rings. The second-order valence-corrected chi connectivity index (χ2v) is 5.54. The van der Waals surface area contributed by atoms with Gasteiger partial charge in [0.05, 0.1) is 6.61 Å². The summed E-state index contributed by atoms with van der Waals surface area (Å²) in [5.41, 5.74) is 1.35. The van der Waals surface area contributed by atoms with Crippen molar-refractivity contribution in [2.24, 2.45) is 0 Å². The molecule has 0 heterocycles. The Morgan fingerprint density at radius 2 is 1.74 bits per heavy atom. The van der Waals surface area contributed by atoms with E-state index in [1.807, 2.05) is 31.2 Å². The van der Waals surface area contributed by atoms with Crippen LogP contribution in [0, 0.1) is 0 Å². The number of hydrogen-bond donors (Lipinski definition) is 0. The van der Waals surface area contributed by atoms with E-state index in [4.69, 9.17) is 9.47 Å². The van der Waals surface area contributed by atoms with Crippen molar-refractivity contribution in [3.63, 3.8) is 0 Å². The molecule has 0 spiro atoms. The van der Waals surface area contributed by atoms with Crippen molar-refractivity contribution in [3.05, 3.63) is 29.8 Å².